The molecule has 2 aromatic carbocycles. The number of urea groups is 1. The molecule has 11 heteroatoms. The fourth-order valence-corrected chi connectivity index (χ4v) is 4.38. The number of furan rings is 1. The molecule has 1 aromatic heterocycles. The van der Waals surface area contributed by atoms with Gasteiger partial charge in [-0.05, 0) is 42.0 Å². The molecule has 0 radical (unpaired) electrons. The first-order valence-electron chi connectivity index (χ1n) is 12.2. The lowest BCUT2D eigenvalue weighted by Crippen LogP contribution is -2.48. The average Bonchev–Trinajstić information content (AvgIpc) is 3.43. The van der Waals surface area contributed by atoms with Gasteiger partial charge in [0.05, 0.1) is 41.8 Å². The third-order valence-corrected chi connectivity index (χ3v) is 6.98. The minimum atomic E-state index is -0.476. The Morgan fingerprint density at radius 3 is 2.45 bits per heavy atom. The molecule has 3 amide bonds. The van der Waals surface area contributed by atoms with Gasteiger partial charge < -0.3 is 24.3 Å². The molecule has 0 aliphatic carbocycles. The van der Waals surface area contributed by atoms with E-state index in [-0.39, 0.29) is 36.4 Å². The van der Waals surface area contributed by atoms with Crippen LogP contribution in [0.3, 0.4) is 0 Å². The molecule has 38 heavy (non-hydrogen) atoms. The highest BCUT2D eigenvalue weighted by molar-refractivity contribution is 6.43. The van der Waals surface area contributed by atoms with Crippen LogP contribution in [-0.2, 0) is 22.6 Å². The van der Waals surface area contributed by atoms with E-state index in [1.165, 1.54) is 23.3 Å². The van der Waals surface area contributed by atoms with Crippen LogP contribution < -0.4 is 5.32 Å². The number of nitrogens with one attached hydrogen (secondary N) is 1. The van der Waals surface area contributed by atoms with Crippen molar-refractivity contribution in [2.24, 2.45) is 0 Å². The van der Waals surface area contributed by atoms with Crippen LogP contribution in [0.1, 0.15) is 11.3 Å². The second-order valence-corrected chi connectivity index (χ2v) is 9.65. The van der Waals surface area contributed by atoms with Crippen LogP contribution in [0.5, 0.6) is 0 Å². The maximum absolute atomic E-state index is 13.6. The molecule has 0 bridgehead atoms. The highest BCUT2D eigenvalue weighted by Crippen LogP contribution is 2.29. The lowest BCUT2D eigenvalue weighted by Gasteiger charge is -2.31. The number of benzene rings is 2. The number of nitrogens with zero attached hydrogens (tertiary/aromatic N) is 3. The molecule has 0 unspecified atom stereocenters. The monoisotopic (exact) mass is 562 g/mol. The first-order valence-corrected chi connectivity index (χ1v) is 13.0. The second-order valence-electron chi connectivity index (χ2n) is 8.86. The topological polar surface area (TPSA) is 78.3 Å². The van der Waals surface area contributed by atoms with Crippen LogP contribution in [0.4, 0.5) is 14.9 Å². The lowest BCUT2D eigenvalue weighted by atomic mass is 10.2. The van der Waals surface area contributed by atoms with E-state index in [1.54, 1.807) is 47.4 Å². The summed E-state index contributed by atoms with van der Waals surface area (Å²) < 4.78 is 24.3. The first-order chi connectivity index (χ1) is 18.4. The zero-order valence-corrected chi connectivity index (χ0v) is 22.3. The number of carbonyl (C=O) groups is 2. The summed E-state index contributed by atoms with van der Waals surface area (Å²) >= 11 is 12.4. The van der Waals surface area contributed by atoms with E-state index in [1.807, 2.05) is 0 Å². The minimum Gasteiger partial charge on any atom is -0.467 e. The Morgan fingerprint density at radius 2 is 1.74 bits per heavy atom. The molecule has 1 aliphatic rings. The number of carbonyl (C=O) groups excluding carboxylic acids is 2. The number of amides is 3. The van der Waals surface area contributed by atoms with Crippen molar-refractivity contribution in [1.82, 2.24) is 14.7 Å². The summed E-state index contributed by atoms with van der Waals surface area (Å²) in [6, 6.07) is 13.9. The Kier molecular flexibility index (Phi) is 10.0. The van der Waals surface area contributed by atoms with Gasteiger partial charge >= 0.3 is 6.03 Å². The third-order valence-electron chi connectivity index (χ3n) is 6.16. The van der Waals surface area contributed by atoms with Gasteiger partial charge in [-0.25, -0.2) is 9.18 Å². The molecule has 0 atom stereocenters. The smallest absolute Gasteiger partial charge is 0.322 e. The van der Waals surface area contributed by atoms with Gasteiger partial charge in [0.25, 0.3) is 0 Å². The zero-order valence-electron chi connectivity index (χ0n) is 20.7. The van der Waals surface area contributed by atoms with Crippen LogP contribution >= 0.6 is 23.2 Å². The SMILES string of the molecule is O=C(CN(CCN1CCOCC1)C(=O)Nc1cccc(Cl)c1Cl)N(Cc1ccc(F)cc1)Cc1ccco1. The van der Waals surface area contributed by atoms with Crippen molar-refractivity contribution in [2.45, 2.75) is 13.1 Å². The Hall–Kier alpha value is -3.11. The van der Waals surface area contributed by atoms with Crippen molar-refractivity contribution in [1.29, 1.82) is 0 Å². The van der Waals surface area contributed by atoms with Crippen LogP contribution in [-0.4, -0.2) is 72.6 Å². The maximum atomic E-state index is 13.6. The van der Waals surface area contributed by atoms with E-state index in [9.17, 15) is 14.0 Å². The molecule has 202 valence electrons. The van der Waals surface area contributed by atoms with Crippen LogP contribution in [0.15, 0.2) is 65.3 Å². The fraction of sp³-hybridized carbons (Fsp3) is 0.333. The summed E-state index contributed by atoms with van der Waals surface area (Å²) in [4.78, 5) is 32.2. The Balaban J connectivity index is 1.51. The molecule has 1 aliphatic heterocycles. The number of hydrogen-bond acceptors (Lipinski definition) is 5. The molecule has 4 rings (SSSR count). The molecule has 0 spiro atoms. The lowest BCUT2D eigenvalue weighted by molar-refractivity contribution is -0.133. The van der Waals surface area contributed by atoms with Gasteiger partial charge in [0.2, 0.25) is 5.91 Å². The fourth-order valence-electron chi connectivity index (χ4n) is 4.03. The van der Waals surface area contributed by atoms with E-state index in [0.717, 1.165) is 18.7 Å². The summed E-state index contributed by atoms with van der Waals surface area (Å²) in [5.74, 6) is -0.0566. The molecule has 8 nitrogen and oxygen atoms in total. The molecule has 1 N–H and O–H groups in total. The predicted molar refractivity (Wildman–Crippen MR) is 144 cm³/mol. The van der Waals surface area contributed by atoms with Gasteiger partial charge in [-0.1, -0.05) is 41.4 Å². The number of anilines is 1. The second kappa shape index (κ2) is 13.6. The standard InChI is InChI=1S/C27H29Cl2FN4O4/c28-23-4-1-5-24(26(23)29)31-27(36)33(11-10-32-12-15-37-16-13-32)19-25(35)34(18-22-3-2-14-38-22)17-20-6-8-21(30)9-7-20/h1-9,14H,10-13,15-19H2,(H,31,36). The number of morpholine rings is 1. The Labute approximate surface area is 230 Å². The van der Waals surface area contributed by atoms with Gasteiger partial charge in [0.1, 0.15) is 18.1 Å². The van der Waals surface area contributed by atoms with Gasteiger partial charge in [-0.3, -0.25) is 9.69 Å². The molecule has 0 saturated carbocycles. The van der Waals surface area contributed by atoms with Gasteiger partial charge in [0.15, 0.2) is 0 Å². The summed E-state index contributed by atoms with van der Waals surface area (Å²) in [6.45, 7) is 3.86. The predicted octanol–water partition coefficient (Wildman–Crippen LogP) is 5.12. The van der Waals surface area contributed by atoms with E-state index >= 15 is 0 Å². The first kappa shape index (κ1) is 27.9. The molecule has 3 aromatic rings. The van der Waals surface area contributed by atoms with E-state index in [2.05, 4.69) is 10.2 Å². The number of halogens is 3. The summed E-state index contributed by atoms with van der Waals surface area (Å²) in [7, 11) is 0. The van der Waals surface area contributed by atoms with E-state index in [4.69, 9.17) is 32.4 Å². The average molecular weight is 563 g/mol. The van der Waals surface area contributed by atoms with Crippen molar-refractivity contribution in [3.8, 4) is 0 Å². The van der Waals surface area contributed by atoms with Crippen LogP contribution in [0, 0.1) is 5.82 Å². The quantitative estimate of drug-likeness (QED) is 0.371. The van der Waals surface area contributed by atoms with Crippen molar-refractivity contribution in [3.63, 3.8) is 0 Å². The van der Waals surface area contributed by atoms with Crippen molar-refractivity contribution >= 4 is 40.8 Å². The molecule has 2 heterocycles. The van der Waals surface area contributed by atoms with Gasteiger partial charge in [0, 0.05) is 32.7 Å². The van der Waals surface area contributed by atoms with Crippen molar-refractivity contribution in [2.75, 3.05) is 51.3 Å². The van der Waals surface area contributed by atoms with E-state index < -0.39 is 6.03 Å². The minimum absolute atomic E-state index is 0.184. The molecular weight excluding hydrogens is 534 g/mol. The van der Waals surface area contributed by atoms with Crippen molar-refractivity contribution in [3.05, 3.63) is 88.0 Å². The van der Waals surface area contributed by atoms with Crippen molar-refractivity contribution < 1.29 is 23.1 Å². The van der Waals surface area contributed by atoms with E-state index in [0.29, 0.717) is 42.8 Å². The highest BCUT2D eigenvalue weighted by atomic mass is 35.5. The van der Waals surface area contributed by atoms with Gasteiger partial charge in [-0.15, -0.1) is 0 Å². The zero-order chi connectivity index (χ0) is 26.9. The number of rotatable bonds is 10. The number of hydrogen-bond donors (Lipinski definition) is 1. The Bertz CT molecular complexity index is 1200. The van der Waals surface area contributed by atoms with Crippen LogP contribution in [0.25, 0.3) is 0 Å². The molecular formula is C27H29Cl2FN4O4. The highest BCUT2D eigenvalue weighted by Gasteiger charge is 2.24. The molecule has 1 fully saturated rings. The normalized spacial score (nSPS) is 13.8. The van der Waals surface area contributed by atoms with Gasteiger partial charge in [-0.2, -0.15) is 0 Å². The maximum Gasteiger partial charge on any atom is 0.322 e. The largest absolute Gasteiger partial charge is 0.467 e. The summed E-state index contributed by atoms with van der Waals surface area (Å²) in [5.41, 5.74) is 1.10. The van der Waals surface area contributed by atoms with Crippen LogP contribution in [0.2, 0.25) is 10.0 Å². The third kappa shape index (κ3) is 7.94. The summed E-state index contributed by atoms with van der Waals surface area (Å²) in [6.07, 6.45) is 1.53. The summed E-state index contributed by atoms with van der Waals surface area (Å²) in [5, 5.41) is 3.31. The number of ether oxygens (including phenoxy) is 1. The Morgan fingerprint density at radius 1 is 0.974 bits per heavy atom. The molecule has 1 saturated heterocycles.